The Morgan fingerprint density at radius 1 is 1.10 bits per heavy atom. The number of rotatable bonds is 4. The largest absolute Gasteiger partial charge is 0.390 e. The van der Waals surface area contributed by atoms with Gasteiger partial charge in [-0.25, -0.2) is 0 Å². The molecule has 4 heteroatoms. The molecule has 0 aliphatic heterocycles. The van der Waals surface area contributed by atoms with Crippen LogP contribution in [0.15, 0.2) is 54.9 Å². The van der Waals surface area contributed by atoms with E-state index in [1.165, 1.54) is 0 Å². The third-order valence-electron chi connectivity index (χ3n) is 4.19. The van der Waals surface area contributed by atoms with Crippen LogP contribution in [0, 0.1) is 0 Å². The van der Waals surface area contributed by atoms with Crippen LogP contribution in [0.5, 0.6) is 0 Å². The van der Waals surface area contributed by atoms with Crippen molar-refractivity contribution in [2.75, 3.05) is 0 Å². The molecule has 21 heavy (non-hydrogen) atoms. The van der Waals surface area contributed by atoms with Crippen LogP contribution in [0.3, 0.4) is 0 Å². The zero-order valence-corrected chi connectivity index (χ0v) is 11.8. The second kappa shape index (κ2) is 6.35. The summed E-state index contributed by atoms with van der Waals surface area (Å²) in [7, 11) is 0. The Hall–Kier alpha value is -1.75. The van der Waals surface area contributed by atoms with Crippen molar-refractivity contribution < 1.29 is 10.2 Å². The molecule has 0 radical (unpaired) electrons. The summed E-state index contributed by atoms with van der Waals surface area (Å²) < 4.78 is 0. The fraction of sp³-hybridized carbons (Fsp3) is 0.353. The first kappa shape index (κ1) is 14.2. The van der Waals surface area contributed by atoms with Gasteiger partial charge in [-0.2, -0.15) is 0 Å². The average Bonchev–Trinajstić information content (AvgIpc) is 2.82. The first-order chi connectivity index (χ1) is 10.3. The minimum atomic E-state index is -0.751. The molecule has 0 saturated heterocycles. The molecule has 1 aliphatic rings. The highest BCUT2D eigenvalue weighted by Gasteiger charge is 2.41. The maximum Gasteiger partial charge on any atom is 0.0957 e. The van der Waals surface area contributed by atoms with Crippen molar-refractivity contribution in [3.8, 4) is 0 Å². The van der Waals surface area contributed by atoms with Gasteiger partial charge in [-0.3, -0.25) is 4.98 Å². The monoisotopic (exact) mass is 284 g/mol. The summed E-state index contributed by atoms with van der Waals surface area (Å²) in [6, 6.07) is 13.8. The zero-order valence-electron chi connectivity index (χ0n) is 11.8. The quantitative estimate of drug-likeness (QED) is 0.795. The number of aliphatic hydroxyl groups excluding tert-OH is 2. The molecule has 0 unspecified atom stereocenters. The summed E-state index contributed by atoms with van der Waals surface area (Å²) in [4.78, 5) is 4.14. The van der Waals surface area contributed by atoms with Crippen molar-refractivity contribution in [3.05, 3.63) is 66.0 Å². The van der Waals surface area contributed by atoms with Crippen LogP contribution < -0.4 is 5.32 Å². The molecule has 0 spiro atoms. The Morgan fingerprint density at radius 3 is 2.62 bits per heavy atom. The number of aliphatic hydroxyl groups is 2. The van der Waals surface area contributed by atoms with Crippen LogP contribution in [0.25, 0.3) is 0 Å². The predicted octanol–water partition coefficient (Wildman–Crippen LogP) is 1.45. The number of aromatic nitrogens is 1. The van der Waals surface area contributed by atoms with Crippen LogP contribution in [-0.2, 0) is 6.54 Å². The standard InChI is InChI=1S/C17H20N2O2/c20-15-9-14(13-7-4-8-18-11-13)16(17(15)21)19-10-12-5-2-1-3-6-12/h1-8,11,14-17,19-21H,9-10H2/t14-,15-,16-,17-/m1/s1. The van der Waals surface area contributed by atoms with Crippen molar-refractivity contribution in [1.82, 2.24) is 10.3 Å². The molecule has 3 rings (SSSR count). The molecule has 0 amide bonds. The van der Waals surface area contributed by atoms with Gasteiger partial charge in [-0.05, 0) is 23.6 Å². The van der Waals surface area contributed by atoms with E-state index >= 15 is 0 Å². The van der Waals surface area contributed by atoms with Gasteiger partial charge >= 0.3 is 0 Å². The topological polar surface area (TPSA) is 65.4 Å². The highest BCUT2D eigenvalue weighted by atomic mass is 16.3. The Labute approximate surface area is 124 Å². The van der Waals surface area contributed by atoms with E-state index in [9.17, 15) is 10.2 Å². The molecular formula is C17H20N2O2. The van der Waals surface area contributed by atoms with Gasteiger partial charge in [0.2, 0.25) is 0 Å². The van der Waals surface area contributed by atoms with E-state index in [1.807, 2.05) is 48.7 Å². The molecule has 3 N–H and O–H groups in total. The Balaban J connectivity index is 1.74. The van der Waals surface area contributed by atoms with Crippen LogP contribution in [-0.4, -0.2) is 33.4 Å². The van der Waals surface area contributed by atoms with Gasteiger partial charge in [0, 0.05) is 30.9 Å². The number of hydrogen-bond donors (Lipinski definition) is 3. The third-order valence-corrected chi connectivity index (χ3v) is 4.19. The van der Waals surface area contributed by atoms with Crippen LogP contribution in [0.1, 0.15) is 23.5 Å². The van der Waals surface area contributed by atoms with Crippen LogP contribution in [0.2, 0.25) is 0 Å². The molecule has 2 aromatic rings. The molecule has 4 atom stereocenters. The van der Waals surface area contributed by atoms with Gasteiger partial charge < -0.3 is 15.5 Å². The molecule has 1 aromatic heterocycles. The van der Waals surface area contributed by atoms with Crippen molar-refractivity contribution in [2.24, 2.45) is 0 Å². The fourth-order valence-electron chi connectivity index (χ4n) is 3.06. The number of hydrogen-bond acceptors (Lipinski definition) is 4. The smallest absolute Gasteiger partial charge is 0.0957 e. The van der Waals surface area contributed by atoms with E-state index in [0.29, 0.717) is 13.0 Å². The van der Waals surface area contributed by atoms with Crippen LogP contribution >= 0.6 is 0 Å². The first-order valence-electron chi connectivity index (χ1n) is 7.29. The van der Waals surface area contributed by atoms with E-state index in [-0.39, 0.29) is 12.0 Å². The summed E-state index contributed by atoms with van der Waals surface area (Å²) in [6.07, 6.45) is 2.66. The molecule has 1 aromatic carbocycles. The Bertz CT molecular complexity index is 562. The second-order valence-corrected chi connectivity index (χ2v) is 5.58. The molecular weight excluding hydrogens is 264 g/mol. The van der Waals surface area contributed by atoms with Gasteiger partial charge in [-0.15, -0.1) is 0 Å². The van der Waals surface area contributed by atoms with Crippen molar-refractivity contribution in [2.45, 2.75) is 37.1 Å². The van der Waals surface area contributed by atoms with E-state index in [2.05, 4.69) is 10.3 Å². The average molecular weight is 284 g/mol. The summed E-state index contributed by atoms with van der Waals surface area (Å²) in [6.45, 7) is 0.673. The summed E-state index contributed by atoms with van der Waals surface area (Å²) in [5.41, 5.74) is 2.22. The summed E-state index contributed by atoms with van der Waals surface area (Å²) >= 11 is 0. The van der Waals surface area contributed by atoms with Crippen LogP contribution in [0.4, 0.5) is 0 Å². The molecule has 0 bridgehead atoms. The lowest BCUT2D eigenvalue weighted by Crippen LogP contribution is -2.41. The fourth-order valence-corrected chi connectivity index (χ4v) is 3.06. The molecule has 1 aliphatic carbocycles. The summed E-state index contributed by atoms with van der Waals surface area (Å²) in [5, 5.41) is 23.6. The van der Waals surface area contributed by atoms with E-state index < -0.39 is 12.2 Å². The van der Waals surface area contributed by atoms with Crippen molar-refractivity contribution >= 4 is 0 Å². The molecule has 1 heterocycles. The van der Waals surface area contributed by atoms with E-state index in [0.717, 1.165) is 11.1 Å². The molecule has 4 nitrogen and oxygen atoms in total. The lowest BCUT2D eigenvalue weighted by molar-refractivity contribution is 0.0297. The number of nitrogens with one attached hydrogen (secondary N) is 1. The maximum atomic E-state index is 10.2. The predicted molar refractivity (Wildman–Crippen MR) is 80.7 cm³/mol. The normalized spacial score (nSPS) is 28.7. The molecule has 1 fully saturated rings. The molecule has 110 valence electrons. The SMILES string of the molecule is O[C@H]1[C@H](NCc2ccccc2)[C@@H](c2cccnc2)C[C@H]1O. The Kier molecular flexibility index (Phi) is 4.29. The lowest BCUT2D eigenvalue weighted by atomic mass is 9.95. The minimum absolute atomic E-state index is 0.0763. The Morgan fingerprint density at radius 2 is 1.90 bits per heavy atom. The van der Waals surface area contributed by atoms with Gasteiger partial charge in [0.1, 0.15) is 0 Å². The maximum absolute atomic E-state index is 10.2. The second-order valence-electron chi connectivity index (χ2n) is 5.58. The van der Waals surface area contributed by atoms with Crippen molar-refractivity contribution in [3.63, 3.8) is 0 Å². The highest BCUT2D eigenvalue weighted by molar-refractivity contribution is 5.22. The van der Waals surface area contributed by atoms with E-state index in [1.54, 1.807) is 6.20 Å². The number of pyridine rings is 1. The zero-order chi connectivity index (χ0) is 14.7. The third kappa shape index (κ3) is 3.13. The summed E-state index contributed by atoms with van der Waals surface area (Å²) in [5.74, 6) is 0.0763. The van der Waals surface area contributed by atoms with Gasteiger partial charge in [0.25, 0.3) is 0 Å². The van der Waals surface area contributed by atoms with Gasteiger partial charge in [-0.1, -0.05) is 36.4 Å². The van der Waals surface area contributed by atoms with Gasteiger partial charge in [0.05, 0.1) is 12.2 Å². The lowest BCUT2D eigenvalue weighted by Gasteiger charge is -2.23. The first-order valence-corrected chi connectivity index (χ1v) is 7.29. The number of nitrogens with zero attached hydrogens (tertiary/aromatic N) is 1. The minimum Gasteiger partial charge on any atom is -0.390 e. The van der Waals surface area contributed by atoms with E-state index in [4.69, 9.17) is 0 Å². The van der Waals surface area contributed by atoms with Crippen molar-refractivity contribution in [1.29, 1.82) is 0 Å². The highest BCUT2D eigenvalue weighted by Crippen LogP contribution is 2.35. The van der Waals surface area contributed by atoms with Gasteiger partial charge in [0.15, 0.2) is 0 Å². The molecule has 1 saturated carbocycles. The number of benzene rings is 1.